The number of hydrogen-bond donors (Lipinski definition) is 1. The highest BCUT2D eigenvalue weighted by Gasteiger charge is 2.33. The average Bonchev–Trinajstić information content (AvgIpc) is 2.77. The average molecular weight is 397 g/mol. The molecule has 0 bridgehead atoms. The van der Waals surface area contributed by atoms with E-state index in [9.17, 15) is 9.59 Å². The molecule has 8 nitrogen and oxygen atoms in total. The number of anilines is 1. The molecule has 2 aliphatic heterocycles. The lowest BCUT2D eigenvalue weighted by atomic mass is 9.92. The number of carbonyl (C=O) groups excluding carboxylic acids is 2. The van der Waals surface area contributed by atoms with Crippen LogP contribution in [0.2, 0.25) is 0 Å². The zero-order valence-electron chi connectivity index (χ0n) is 16.7. The Morgan fingerprint density at radius 2 is 1.72 bits per heavy atom. The lowest BCUT2D eigenvalue weighted by Gasteiger charge is -2.37. The summed E-state index contributed by atoms with van der Waals surface area (Å²) in [6, 6.07) is 7.70. The molecule has 0 saturated carbocycles. The number of rotatable bonds is 4. The Morgan fingerprint density at radius 1 is 1.03 bits per heavy atom. The summed E-state index contributed by atoms with van der Waals surface area (Å²) in [6.45, 7) is 2.61. The van der Waals surface area contributed by atoms with Crippen molar-refractivity contribution in [2.75, 3.05) is 38.2 Å². The first-order chi connectivity index (χ1) is 14.1. The molecule has 0 aliphatic carbocycles. The molecule has 4 rings (SSSR count). The van der Waals surface area contributed by atoms with E-state index >= 15 is 0 Å². The van der Waals surface area contributed by atoms with Crippen molar-refractivity contribution in [3.8, 4) is 5.88 Å². The topological polar surface area (TPSA) is 102 Å². The summed E-state index contributed by atoms with van der Waals surface area (Å²) in [6.07, 6.45) is 3.07. The summed E-state index contributed by atoms with van der Waals surface area (Å²) in [7, 11) is 1.59. The summed E-state index contributed by atoms with van der Waals surface area (Å²) in [4.78, 5) is 37.8. The van der Waals surface area contributed by atoms with Crippen LogP contribution in [0, 0.1) is 11.8 Å². The van der Waals surface area contributed by atoms with E-state index in [-0.39, 0.29) is 23.7 Å². The molecule has 0 radical (unpaired) electrons. The maximum absolute atomic E-state index is 13.1. The molecule has 2 fully saturated rings. The molecule has 29 heavy (non-hydrogen) atoms. The minimum Gasteiger partial charge on any atom is -0.478 e. The zero-order valence-corrected chi connectivity index (χ0v) is 16.7. The van der Waals surface area contributed by atoms with Gasteiger partial charge >= 0.3 is 0 Å². The standard InChI is InChI=1S/C21H27N5O3/c1-29-20-19(23-16-6-2-3-7-17(16)24-20)26-10-4-5-15(13-26)21(28)25-11-8-14(9-12-25)18(22)27/h2-3,6-7,14-15H,4-5,8-13H2,1H3,(H2,22,27). The lowest BCUT2D eigenvalue weighted by Crippen LogP contribution is -2.48. The van der Waals surface area contributed by atoms with Crippen molar-refractivity contribution in [3.63, 3.8) is 0 Å². The van der Waals surface area contributed by atoms with Crippen molar-refractivity contribution < 1.29 is 14.3 Å². The fourth-order valence-corrected chi connectivity index (χ4v) is 4.33. The second kappa shape index (κ2) is 8.23. The van der Waals surface area contributed by atoms with Crippen LogP contribution >= 0.6 is 0 Å². The second-order valence-electron chi connectivity index (χ2n) is 7.83. The van der Waals surface area contributed by atoms with Gasteiger partial charge in [0.25, 0.3) is 5.88 Å². The fraction of sp³-hybridized carbons (Fsp3) is 0.524. The molecule has 1 aromatic heterocycles. The van der Waals surface area contributed by atoms with E-state index in [1.165, 1.54) is 0 Å². The van der Waals surface area contributed by atoms with Gasteiger partial charge in [0.05, 0.1) is 24.1 Å². The van der Waals surface area contributed by atoms with Gasteiger partial charge in [0.15, 0.2) is 5.82 Å². The molecule has 3 heterocycles. The highest BCUT2D eigenvalue weighted by Crippen LogP contribution is 2.31. The molecule has 2 N–H and O–H groups in total. The van der Waals surface area contributed by atoms with E-state index in [2.05, 4.69) is 9.88 Å². The number of carbonyl (C=O) groups is 2. The number of nitrogens with zero attached hydrogens (tertiary/aromatic N) is 4. The molecule has 1 unspecified atom stereocenters. The number of para-hydroxylation sites is 2. The highest BCUT2D eigenvalue weighted by atomic mass is 16.5. The first-order valence-corrected chi connectivity index (χ1v) is 10.2. The molecule has 2 aromatic rings. The predicted octanol–water partition coefficient (Wildman–Crippen LogP) is 1.58. The first-order valence-electron chi connectivity index (χ1n) is 10.2. The molecule has 0 spiro atoms. The SMILES string of the molecule is COc1nc2ccccc2nc1N1CCCC(C(=O)N2CCC(C(N)=O)CC2)C1. The Labute approximate surface area is 170 Å². The van der Waals surface area contributed by atoms with Gasteiger partial charge in [0.1, 0.15) is 0 Å². The maximum Gasteiger partial charge on any atom is 0.257 e. The molecular formula is C21H27N5O3. The molecule has 8 heteroatoms. The Balaban J connectivity index is 1.49. The second-order valence-corrected chi connectivity index (χ2v) is 7.83. The molecule has 1 aromatic carbocycles. The van der Waals surface area contributed by atoms with Crippen molar-refractivity contribution in [2.24, 2.45) is 17.6 Å². The Morgan fingerprint density at radius 3 is 2.38 bits per heavy atom. The van der Waals surface area contributed by atoms with Crippen LogP contribution in [0.4, 0.5) is 5.82 Å². The normalized spacial score (nSPS) is 20.7. The highest BCUT2D eigenvalue weighted by molar-refractivity contribution is 5.82. The molecule has 154 valence electrons. The van der Waals surface area contributed by atoms with E-state index in [4.69, 9.17) is 15.5 Å². The minimum atomic E-state index is -0.261. The Bertz CT molecular complexity index is 910. The third-order valence-corrected chi connectivity index (χ3v) is 5.99. The summed E-state index contributed by atoms with van der Waals surface area (Å²) < 4.78 is 5.50. The van der Waals surface area contributed by atoms with Crippen molar-refractivity contribution in [3.05, 3.63) is 24.3 Å². The van der Waals surface area contributed by atoms with Crippen molar-refractivity contribution in [1.82, 2.24) is 14.9 Å². The number of primary amides is 1. The third-order valence-electron chi connectivity index (χ3n) is 5.99. The number of likely N-dealkylation sites (tertiary alicyclic amines) is 1. The summed E-state index contributed by atoms with van der Waals surface area (Å²) in [5.41, 5.74) is 7.00. The lowest BCUT2D eigenvalue weighted by molar-refractivity contribution is -0.138. The number of benzene rings is 1. The van der Waals surface area contributed by atoms with Crippen LogP contribution in [0.1, 0.15) is 25.7 Å². The number of nitrogens with two attached hydrogens (primary N) is 1. The van der Waals surface area contributed by atoms with Crippen molar-refractivity contribution in [2.45, 2.75) is 25.7 Å². The van der Waals surface area contributed by atoms with E-state index in [1.807, 2.05) is 29.2 Å². The van der Waals surface area contributed by atoms with Gasteiger partial charge in [-0.25, -0.2) is 9.97 Å². The van der Waals surface area contributed by atoms with Gasteiger partial charge < -0.3 is 20.3 Å². The first kappa shape index (κ1) is 19.4. The number of ether oxygens (including phenoxy) is 1. The number of hydrogen-bond acceptors (Lipinski definition) is 6. The van der Waals surface area contributed by atoms with Crippen LogP contribution in [-0.4, -0.2) is 60.0 Å². The van der Waals surface area contributed by atoms with Crippen LogP contribution in [0.25, 0.3) is 11.0 Å². The van der Waals surface area contributed by atoms with Crippen LogP contribution in [0.5, 0.6) is 5.88 Å². The van der Waals surface area contributed by atoms with Crippen LogP contribution < -0.4 is 15.4 Å². The number of amides is 2. The van der Waals surface area contributed by atoms with E-state index in [1.54, 1.807) is 7.11 Å². The van der Waals surface area contributed by atoms with Crippen LogP contribution in [0.15, 0.2) is 24.3 Å². The monoisotopic (exact) mass is 397 g/mol. The molecule has 2 saturated heterocycles. The summed E-state index contributed by atoms with van der Waals surface area (Å²) in [5.74, 6) is 0.870. The van der Waals surface area contributed by atoms with E-state index in [0.717, 1.165) is 30.4 Å². The third kappa shape index (κ3) is 3.97. The van der Waals surface area contributed by atoms with E-state index in [0.29, 0.717) is 44.2 Å². The van der Waals surface area contributed by atoms with Gasteiger partial charge in [0.2, 0.25) is 11.8 Å². The maximum atomic E-state index is 13.1. The van der Waals surface area contributed by atoms with Crippen LogP contribution in [0.3, 0.4) is 0 Å². The smallest absolute Gasteiger partial charge is 0.257 e. The molecule has 2 aliphatic rings. The van der Waals surface area contributed by atoms with Crippen LogP contribution in [-0.2, 0) is 9.59 Å². The number of methoxy groups -OCH3 is 1. The summed E-state index contributed by atoms with van der Waals surface area (Å²) in [5, 5.41) is 0. The molecule has 2 amide bonds. The molecular weight excluding hydrogens is 370 g/mol. The van der Waals surface area contributed by atoms with Gasteiger partial charge in [0, 0.05) is 32.1 Å². The fourth-order valence-electron chi connectivity index (χ4n) is 4.33. The van der Waals surface area contributed by atoms with Crippen molar-refractivity contribution in [1.29, 1.82) is 0 Å². The van der Waals surface area contributed by atoms with E-state index < -0.39 is 0 Å². The number of piperidine rings is 2. The van der Waals surface area contributed by atoms with Gasteiger partial charge in [-0.15, -0.1) is 0 Å². The Kier molecular flexibility index (Phi) is 5.51. The van der Waals surface area contributed by atoms with Gasteiger partial charge in [-0.3, -0.25) is 9.59 Å². The van der Waals surface area contributed by atoms with Crippen molar-refractivity contribution >= 4 is 28.7 Å². The van der Waals surface area contributed by atoms with Gasteiger partial charge in [-0.05, 0) is 37.8 Å². The number of aromatic nitrogens is 2. The zero-order chi connectivity index (χ0) is 20.4. The predicted molar refractivity (Wildman–Crippen MR) is 110 cm³/mol. The van der Waals surface area contributed by atoms with Gasteiger partial charge in [-0.2, -0.15) is 0 Å². The Hall–Kier alpha value is -2.90. The quantitative estimate of drug-likeness (QED) is 0.840. The number of fused-ring (bicyclic) bond motifs is 1. The largest absolute Gasteiger partial charge is 0.478 e. The summed E-state index contributed by atoms with van der Waals surface area (Å²) >= 11 is 0. The molecule has 1 atom stereocenters. The van der Waals surface area contributed by atoms with Gasteiger partial charge in [-0.1, -0.05) is 12.1 Å². The minimum absolute atomic E-state index is 0.0909.